The number of aromatic nitrogens is 2. The minimum absolute atomic E-state index is 0.959. The van der Waals surface area contributed by atoms with Gasteiger partial charge in [0.15, 0.2) is 0 Å². The van der Waals surface area contributed by atoms with Crippen LogP contribution in [-0.2, 0) is 0 Å². The Bertz CT molecular complexity index is 2410. The Kier molecular flexibility index (Phi) is 5.10. The third kappa shape index (κ3) is 3.35. The Morgan fingerprint density at radius 2 is 1.02 bits per heavy atom. The molecule has 9 rings (SSSR count). The van der Waals surface area contributed by atoms with Crippen LogP contribution in [0, 0.1) is 0 Å². The molecule has 7 aromatic carbocycles. The summed E-state index contributed by atoms with van der Waals surface area (Å²) in [6, 6.07) is 52.3. The maximum atomic E-state index is 5.31. The molecule has 0 aliphatic rings. The van der Waals surface area contributed by atoms with Crippen LogP contribution in [-0.4, -0.2) is 9.55 Å². The molecule has 196 valence electrons. The molecular formula is C39H24N2S. The Morgan fingerprint density at radius 3 is 1.76 bits per heavy atom. The van der Waals surface area contributed by atoms with E-state index in [-0.39, 0.29) is 0 Å². The predicted octanol–water partition coefficient (Wildman–Crippen LogP) is 11.0. The first-order valence-corrected chi connectivity index (χ1v) is 15.1. The molecule has 0 fully saturated rings. The first kappa shape index (κ1) is 23.5. The van der Waals surface area contributed by atoms with Crippen molar-refractivity contribution in [1.82, 2.24) is 9.55 Å². The zero-order chi connectivity index (χ0) is 27.6. The van der Waals surface area contributed by atoms with Gasteiger partial charge in [0, 0.05) is 31.4 Å². The molecule has 9 aromatic rings. The number of benzene rings is 7. The van der Waals surface area contributed by atoms with Gasteiger partial charge in [-0.3, -0.25) is 4.57 Å². The van der Waals surface area contributed by atoms with Crippen molar-refractivity contribution in [3.8, 4) is 28.2 Å². The number of para-hydroxylation sites is 3. The molecule has 0 amide bonds. The summed E-state index contributed by atoms with van der Waals surface area (Å²) < 4.78 is 4.95. The topological polar surface area (TPSA) is 17.8 Å². The van der Waals surface area contributed by atoms with E-state index >= 15 is 0 Å². The molecular weight excluding hydrogens is 529 g/mol. The van der Waals surface area contributed by atoms with Crippen LogP contribution in [0.15, 0.2) is 146 Å². The summed E-state index contributed by atoms with van der Waals surface area (Å²) in [6.07, 6.45) is 0. The normalized spacial score (nSPS) is 11.8. The summed E-state index contributed by atoms with van der Waals surface area (Å²) in [6.45, 7) is 0. The third-order valence-electron chi connectivity index (χ3n) is 8.40. The van der Waals surface area contributed by atoms with E-state index in [0.717, 1.165) is 28.1 Å². The minimum Gasteiger partial charge on any atom is -0.292 e. The van der Waals surface area contributed by atoms with E-state index in [1.54, 1.807) is 0 Å². The second-order valence-electron chi connectivity index (χ2n) is 10.7. The highest BCUT2D eigenvalue weighted by molar-refractivity contribution is 7.25. The molecule has 0 spiro atoms. The zero-order valence-electron chi connectivity index (χ0n) is 22.7. The third-order valence-corrected chi connectivity index (χ3v) is 9.54. The molecule has 2 nitrogen and oxygen atoms in total. The first-order valence-electron chi connectivity index (χ1n) is 14.2. The molecule has 2 heterocycles. The van der Waals surface area contributed by atoms with Crippen molar-refractivity contribution in [2.75, 3.05) is 0 Å². The Hall–Kier alpha value is -5.25. The van der Waals surface area contributed by atoms with E-state index in [2.05, 4.69) is 150 Å². The van der Waals surface area contributed by atoms with E-state index < -0.39 is 0 Å². The van der Waals surface area contributed by atoms with Gasteiger partial charge in [0.25, 0.3) is 0 Å². The van der Waals surface area contributed by atoms with E-state index in [0.29, 0.717) is 0 Å². The molecule has 0 radical (unpaired) electrons. The van der Waals surface area contributed by atoms with Gasteiger partial charge in [-0.25, -0.2) is 4.98 Å². The summed E-state index contributed by atoms with van der Waals surface area (Å²) in [5, 5.41) is 7.53. The maximum absolute atomic E-state index is 5.31. The molecule has 3 heteroatoms. The summed E-state index contributed by atoms with van der Waals surface area (Å²) in [5.41, 5.74) is 6.91. The molecule has 0 atom stereocenters. The van der Waals surface area contributed by atoms with Gasteiger partial charge >= 0.3 is 0 Å². The minimum atomic E-state index is 0.959. The van der Waals surface area contributed by atoms with Crippen molar-refractivity contribution in [3.63, 3.8) is 0 Å². The highest BCUT2D eigenvalue weighted by Gasteiger charge is 2.23. The lowest BCUT2D eigenvalue weighted by Crippen LogP contribution is -1.99. The average molecular weight is 553 g/mol. The van der Waals surface area contributed by atoms with E-state index in [4.69, 9.17) is 4.98 Å². The molecule has 2 aromatic heterocycles. The van der Waals surface area contributed by atoms with Crippen molar-refractivity contribution >= 4 is 64.1 Å². The van der Waals surface area contributed by atoms with Crippen LogP contribution >= 0.6 is 11.3 Å². The lowest BCUT2D eigenvalue weighted by Gasteiger charge is -2.19. The lowest BCUT2D eigenvalue weighted by molar-refractivity contribution is 1.11. The van der Waals surface area contributed by atoms with Crippen LogP contribution in [0.5, 0.6) is 0 Å². The second kappa shape index (κ2) is 9.13. The Labute approximate surface area is 246 Å². The van der Waals surface area contributed by atoms with Crippen LogP contribution in [0.4, 0.5) is 0 Å². The van der Waals surface area contributed by atoms with Gasteiger partial charge in [-0.15, -0.1) is 11.3 Å². The van der Waals surface area contributed by atoms with E-state index in [9.17, 15) is 0 Å². The van der Waals surface area contributed by atoms with Gasteiger partial charge in [-0.1, -0.05) is 109 Å². The van der Waals surface area contributed by atoms with E-state index in [1.807, 2.05) is 11.3 Å². The number of fused-ring (bicyclic) bond motifs is 6. The van der Waals surface area contributed by atoms with Gasteiger partial charge in [0.1, 0.15) is 5.82 Å². The van der Waals surface area contributed by atoms with Gasteiger partial charge in [0.2, 0.25) is 0 Å². The lowest BCUT2D eigenvalue weighted by atomic mass is 9.86. The van der Waals surface area contributed by atoms with Crippen molar-refractivity contribution in [1.29, 1.82) is 0 Å². The quantitative estimate of drug-likeness (QED) is 0.199. The van der Waals surface area contributed by atoms with Crippen LogP contribution in [0.1, 0.15) is 0 Å². The van der Waals surface area contributed by atoms with Crippen LogP contribution in [0.2, 0.25) is 0 Å². The molecule has 42 heavy (non-hydrogen) atoms. The van der Waals surface area contributed by atoms with Gasteiger partial charge in [-0.05, 0) is 69.1 Å². The fourth-order valence-corrected chi connectivity index (χ4v) is 7.81. The number of hydrogen-bond acceptors (Lipinski definition) is 2. The molecule has 0 saturated heterocycles. The fourth-order valence-electron chi connectivity index (χ4n) is 6.67. The number of nitrogens with zero attached hydrogens (tertiary/aromatic N) is 2. The molecule has 0 aliphatic carbocycles. The van der Waals surface area contributed by atoms with Crippen molar-refractivity contribution in [2.24, 2.45) is 0 Å². The second-order valence-corrected chi connectivity index (χ2v) is 11.8. The van der Waals surface area contributed by atoms with Crippen LogP contribution in [0.25, 0.3) is 81.0 Å². The number of rotatable bonds is 3. The smallest absolute Gasteiger partial charge is 0.146 e. The SMILES string of the molecule is c1ccc(-n2c(-c3c4ccccc4c(-c4cccc5sc6ccccc6c45)c4ccccc34)nc3ccccc32)cc1. The van der Waals surface area contributed by atoms with Crippen molar-refractivity contribution in [2.45, 2.75) is 0 Å². The zero-order valence-corrected chi connectivity index (χ0v) is 23.5. The average Bonchev–Trinajstić information content (AvgIpc) is 3.63. The summed E-state index contributed by atoms with van der Waals surface area (Å²) in [4.78, 5) is 5.31. The highest BCUT2D eigenvalue weighted by atomic mass is 32.1. The maximum Gasteiger partial charge on any atom is 0.146 e. The van der Waals surface area contributed by atoms with Gasteiger partial charge in [0.05, 0.1) is 11.0 Å². The monoisotopic (exact) mass is 552 g/mol. The van der Waals surface area contributed by atoms with Crippen LogP contribution in [0.3, 0.4) is 0 Å². The number of imidazole rings is 1. The van der Waals surface area contributed by atoms with Gasteiger partial charge < -0.3 is 0 Å². The Morgan fingerprint density at radius 1 is 0.452 bits per heavy atom. The van der Waals surface area contributed by atoms with Crippen LogP contribution < -0.4 is 0 Å². The standard InChI is InChI=1S/C39H24N2S/c1-2-13-25(14-3-1)41-33-22-10-9-21-32(33)40-39(41)38-28-17-6-4-15-26(28)36(27-16-5-7-18-29(27)38)31-20-12-24-35-37(31)30-19-8-11-23-34(30)42-35/h1-24H. The van der Waals surface area contributed by atoms with Gasteiger partial charge in [-0.2, -0.15) is 0 Å². The summed E-state index contributed by atoms with van der Waals surface area (Å²) >= 11 is 1.87. The molecule has 0 aliphatic heterocycles. The number of thiophene rings is 1. The first-order chi connectivity index (χ1) is 20.9. The summed E-state index contributed by atoms with van der Waals surface area (Å²) in [7, 11) is 0. The van der Waals surface area contributed by atoms with Crippen molar-refractivity contribution in [3.05, 3.63) is 146 Å². The molecule has 0 saturated carbocycles. The predicted molar refractivity (Wildman–Crippen MR) is 180 cm³/mol. The molecule has 0 N–H and O–H groups in total. The Balaban J connectivity index is 1.47. The van der Waals surface area contributed by atoms with Crippen molar-refractivity contribution < 1.29 is 0 Å². The fraction of sp³-hybridized carbons (Fsp3) is 0. The number of hydrogen-bond donors (Lipinski definition) is 0. The largest absolute Gasteiger partial charge is 0.292 e. The summed E-state index contributed by atoms with van der Waals surface area (Å²) in [5.74, 6) is 0.959. The molecule has 0 unspecified atom stereocenters. The van der Waals surface area contributed by atoms with E-state index in [1.165, 1.54) is 52.8 Å². The highest BCUT2D eigenvalue weighted by Crippen LogP contribution is 2.48. The molecule has 0 bridgehead atoms.